The fraction of sp³-hybridized carbons (Fsp3) is 0.600. The SMILES string of the molecule is C[N+]1([C@H]2CC[C@@H](CO)O2)C=CC(=N)NC1=O. The number of amides is 2. The molecule has 1 saturated heterocycles. The maximum atomic E-state index is 11.8. The molecule has 1 fully saturated rings. The molecule has 2 aliphatic rings. The van der Waals surface area contributed by atoms with Crippen LogP contribution in [0, 0.1) is 5.41 Å². The molecular formula is C10H16N3O3+. The Morgan fingerprint density at radius 2 is 2.44 bits per heavy atom. The molecule has 0 aromatic heterocycles. The molecule has 0 bridgehead atoms. The first kappa shape index (κ1) is 11.3. The van der Waals surface area contributed by atoms with E-state index in [1.54, 1.807) is 19.3 Å². The summed E-state index contributed by atoms with van der Waals surface area (Å²) in [4.78, 5) is 11.8. The van der Waals surface area contributed by atoms with Gasteiger partial charge in [0.05, 0.1) is 19.8 Å². The molecule has 0 aromatic rings. The van der Waals surface area contributed by atoms with Gasteiger partial charge in [-0.2, -0.15) is 4.48 Å². The summed E-state index contributed by atoms with van der Waals surface area (Å²) in [5.74, 6) is 0.0947. The van der Waals surface area contributed by atoms with Crippen molar-refractivity contribution >= 4 is 11.9 Å². The quantitative estimate of drug-likeness (QED) is 0.586. The number of nitrogens with zero attached hydrogens (tertiary/aromatic N) is 1. The third kappa shape index (κ3) is 1.75. The monoisotopic (exact) mass is 226 g/mol. The van der Waals surface area contributed by atoms with E-state index in [1.807, 2.05) is 0 Å². The molecule has 16 heavy (non-hydrogen) atoms. The zero-order valence-electron chi connectivity index (χ0n) is 9.14. The Labute approximate surface area is 93.6 Å². The lowest BCUT2D eigenvalue weighted by molar-refractivity contribution is -0.831. The zero-order chi connectivity index (χ0) is 11.8. The van der Waals surface area contributed by atoms with Gasteiger partial charge in [-0.05, 0) is 6.42 Å². The topological polar surface area (TPSA) is 82.4 Å². The number of carbonyl (C=O) groups excluding carboxylic acids is 1. The van der Waals surface area contributed by atoms with Gasteiger partial charge in [-0.25, -0.2) is 4.79 Å². The minimum Gasteiger partial charge on any atom is -0.394 e. The third-order valence-electron chi connectivity index (χ3n) is 3.12. The van der Waals surface area contributed by atoms with Crippen LogP contribution in [0.3, 0.4) is 0 Å². The first-order valence-corrected chi connectivity index (χ1v) is 5.28. The minimum absolute atomic E-state index is 0.0150. The van der Waals surface area contributed by atoms with Crippen molar-refractivity contribution in [2.75, 3.05) is 13.7 Å². The largest absolute Gasteiger partial charge is 0.428 e. The van der Waals surface area contributed by atoms with Crippen LogP contribution < -0.4 is 5.32 Å². The van der Waals surface area contributed by atoms with Crippen molar-refractivity contribution < 1.29 is 19.1 Å². The van der Waals surface area contributed by atoms with Gasteiger partial charge in [-0.1, -0.05) is 0 Å². The van der Waals surface area contributed by atoms with E-state index in [4.69, 9.17) is 15.3 Å². The first-order valence-electron chi connectivity index (χ1n) is 5.28. The van der Waals surface area contributed by atoms with E-state index in [0.29, 0.717) is 0 Å². The van der Waals surface area contributed by atoms with Crippen molar-refractivity contribution in [3.8, 4) is 0 Å². The number of aliphatic hydroxyl groups is 1. The van der Waals surface area contributed by atoms with Crippen LogP contribution >= 0.6 is 0 Å². The Morgan fingerprint density at radius 1 is 1.69 bits per heavy atom. The summed E-state index contributed by atoms with van der Waals surface area (Å²) < 4.78 is 5.58. The van der Waals surface area contributed by atoms with Crippen molar-refractivity contribution in [3.05, 3.63) is 12.3 Å². The summed E-state index contributed by atoms with van der Waals surface area (Å²) in [6.07, 6.45) is 4.24. The second-order valence-electron chi connectivity index (χ2n) is 4.28. The average Bonchev–Trinajstić information content (AvgIpc) is 2.73. The molecule has 2 aliphatic heterocycles. The van der Waals surface area contributed by atoms with Gasteiger partial charge in [0.15, 0.2) is 0 Å². The van der Waals surface area contributed by atoms with Crippen LogP contribution in [0.2, 0.25) is 0 Å². The van der Waals surface area contributed by atoms with Crippen LogP contribution in [0.25, 0.3) is 0 Å². The molecule has 0 spiro atoms. The number of hydrogen-bond donors (Lipinski definition) is 3. The van der Waals surface area contributed by atoms with Gasteiger partial charge >= 0.3 is 6.03 Å². The van der Waals surface area contributed by atoms with Crippen LogP contribution in [0.4, 0.5) is 4.79 Å². The number of nitrogens with one attached hydrogen (secondary N) is 2. The number of amidine groups is 1. The molecule has 0 radical (unpaired) electrons. The average molecular weight is 226 g/mol. The Kier molecular flexibility index (Phi) is 2.79. The van der Waals surface area contributed by atoms with Gasteiger partial charge in [0, 0.05) is 12.5 Å². The third-order valence-corrected chi connectivity index (χ3v) is 3.12. The Bertz CT molecular complexity index is 355. The van der Waals surface area contributed by atoms with Gasteiger partial charge in [-0.15, -0.1) is 0 Å². The lowest BCUT2D eigenvalue weighted by atomic mass is 10.2. The number of hydrogen-bond acceptors (Lipinski definition) is 4. The summed E-state index contributed by atoms with van der Waals surface area (Å²) in [5, 5.41) is 18.8. The number of aliphatic hydroxyl groups excluding tert-OH is 1. The summed E-state index contributed by atoms with van der Waals surface area (Å²) in [6.45, 7) is -0.0162. The number of ether oxygens (including phenoxy) is 1. The normalized spacial score (nSPS) is 38.9. The highest BCUT2D eigenvalue weighted by Gasteiger charge is 2.46. The number of carbonyl (C=O) groups is 1. The summed E-state index contributed by atoms with van der Waals surface area (Å²) >= 11 is 0. The summed E-state index contributed by atoms with van der Waals surface area (Å²) in [6, 6.07) is -0.268. The molecule has 6 nitrogen and oxygen atoms in total. The van der Waals surface area contributed by atoms with Crippen molar-refractivity contribution in [1.82, 2.24) is 5.32 Å². The molecule has 88 valence electrons. The minimum atomic E-state index is -0.276. The van der Waals surface area contributed by atoms with E-state index in [1.165, 1.54) is 0 Å². The lowest BCUT2D eigenvalue weighted by Crippen LogP contribution is -2.59. The molecule has 1 unspecified atom stereocenters. The van der Waals surface area contributed by atoms with E-state index in [2.05, 4.69) is 5.32 Å². The maximum absolute atomic E-state index is 11.8. The van der Waals surface area contributed by atoms with E-state index >= 15 is 0 Å². The van der Waals surface area contributed by atoms with Crippen molar-refractivity contribution in [3.63, 3.8) is 0 Å². The predicted octanol–water partition coefficient (Wildman–Crippen LogP) is 0.145. The highest BCUT2D eigenvalue weighted by Crippen LogP contribution is 2.28. The number of rotatable bonds is 2. The lowest BCUT2D eigenvalue weighted by Gasteiger charge is -2.34. The van der Waals surface area contributed by atoms with Crippen molar-refractivity contribution in [1.29, 1.82) is 5.41 Å². The Hall–Kier alpha value is -1.24. The van der Waals surface area contributed by atoms with E-state index in [0.717, 1.165) is 12.8 Å². The second-order valence-corrected chi connectivity index (χ2v) is 4.28. The van der Waals surface area contributed by atoms with Crippen LogP contribution in [0.15, 0.2) is 12.3 Å². The van der Waals surface area contributed by atoms with Gasteiger partial charge in [-0.3, -0.25) is 10.7 Å². The van der Waals surface area contributed by atoms with Gasteiger partial charge in [0.1, 0.15) is 12.0 Å². The van der Waals surface area contributed by atoms with E-state index in [-0.39, 0.29) is 35.3 Å². The molecular weight excluding hydrogens is 210 g/mol. The number of urea groups is 1. The smallest absolute Gasteiger partial charge is 0.394 e. The van der Waals surface area contributed by atoms with Crippen LogP contribution in [-0.2, 0) is 4.74 Å². The highest BCUT2D eigenvalue weighted by atomic mass is 16.5. The Balaban J connectivity index is 2.16. The van der Waals surface area contributed by atoms with Crippen LogP contribution in [0.5, 0.6) is 0 Å². The van der Waals surface area contributed by atoms with E-state index < -0.39 is 0 Å². The second kappa shape index (κ2) is 3.97. The predicted molar refractivity (Wildman–Crippen MR) is 56.6 cm³/mol. The zero-order valence-corrected chi connectivity index (χ0v) is 9.14. The van der Waals surface area contributed by atoms with Crippen molar-refractivity contribution in [2.45, 2.75) is 25.2 Å². The van der Waals surface area contributed by atoms with Crippen molar-refractivity contribution in [2.24, 2.45) is 0 Å². The highest BCUT2D eigenvalue weighted by molar-refractivity contribution is 6.01. The fourth-order valence-corrected chi connectivity index (χ4v) is 2.02. The van der Waals surface area contributed by atoms with E-state index in [9.17, 15) is 4.79 Å². The van der Waals surface area contributed by atoms with Gasteiger partial charge in [0.25, 0.3) is 0 Å². The molecule has 3 N–H and O–H groups in total. The first-order chi connectivity index (χ1) is 7.56. The maximum Gasteiger partial charge on any atom is 0.428 e. The standard InChI is InChI=1S/C10H15N3O3/c1-13(5-4-8(11)12-10(13)15)9-3-2-7(6-14)16-9/h4-5,7,9,14H,2-3,6H2,1H3,(H-,11,12,15)/p+1/t7-,9+,13?/m0/s1. The van der Waals surface area contributed by atoms with Gasteiger partial charge in [0.2, 0.25) is 6.23 Å². The van der Waals surface area contributed by atoms with Crippen LogP contribution in [0.1, 0.15) is 12.8 Å². The number of quaternary nitrogens is 1. The molecule has 0 aliphatic carbocycles. The molecule has 3 atom stereocenters. The molecule has 0 saturated carbocycles. The fourth-order valence-electron chi connectivity index (χ4n) is 2.02. The van der Waals surface area contributed by atoms with Crippen LogP contribution in [-0.4, -0.2) is 47.4 Å². The summed E-state index contributed by atoms with van der Waals surface area (Å²) in [7, 11) is 1.74. The molecule has 2 amide bonds. The molecule has 6 heteroatoms. The Morgan fingerprint density at radius 3 is 3.00 bits per heavy atom. The molecule has 0 aromatic carbocycles. The van der Waals surface area contributed by atoms with Gasteiger partial charge < -0.3 is 9.84 Å². The molecule has 2 heterocycles. The summed E-state index contributed by atoms with van der Waals surface area (Å²) in [5.41, 5.74) is 0. The molecule has 2 rings (SSSR count).